The number of nitrogens with one attached hydrogen (secondary N) is 1. The van der Waals surface area contributed by atoms with Crippen molar-refractivity contribution in [3.63, 3.8) is 0 Å². The van der Waals surface area contributed by atoms with E-state index in [0.717, 1.165) is 5.56 Å². The van der Waals surface area contributed by atoms with Gasteiger partial charge in [0.1, 0.15) is 6.04 Å². The predicted molar refractivity (Wildman–Crippen MR) is 82.5 cm³/mol. The lowest BCUT2D eigenvalue weighted by Gasteiger charge is -2.19. The molecule has 2 atom stereocenters. The molecule has 1 aromatic rings. The van der Waals surface area contributed by atoms with Gasteiger partial charge in [-0.05, 0) is 5.56 Å². The maximum Gasteiger partial charge on any atom is 0.329 e. The zero-order chi connectivity index (χ0) is 18.1. The number of aliphatic carboxylic acids is 1. The summed E-state index contributed by atoms with van der Waals surface area (Å²) in [5.41, 5.74) is 11.1. The number of esters is 1. The fourth-order valence-electron chi connectivity index (χ4n) is 1.85. The number of benzene rings is 1. The van der Waals surface area contributed by atoms with Crippen LogP contribution in [0.1, 0.15) is 12.0 Å². The van der Waals surface area contributed by atoms with Crippen molar-refractivity contribution in [3.05, 3.63) is 35.9 Å². The van der Waals surface area contributed by atoms with Gasteiger partial charge < -0.3 is 26.6 Å². The van der Waals surface area contributed by atoms with Crippen LogP contribution in [0, 0.1) is 0 Å². The number of carboxylic acids is 1. The van der Waals surface area contributed by atoms with Crippen LogP contribution in [0.5, 0.6) is 0 Å². The second-order valence-electron chi connectivity index (χ2n) is 5.03. The highest BCUT2D eigenvalue weighted by Crippen LogP contribution is 2.05. The van der Waals surface area contributed by atoms with Gasteiger partial charge >= 0.3 is 11.9 Å². The Morgan fingerprint density at radius 2 is 1.79 bits per heavy atom. The number of primary amides is 1. The molecular weight excluding hydrogens is 318 g/mol. The summed E-state index contributed by atoms with van der Waals surface area (Å²) in [4.78, 5) is 45.3. The van der Waals surface area contributed by atoms with E-state index in [1.54, 1.807) is 30.3 Å². The number of nitrogens with two attached hydrogens (primary N) is 2. The number of hydrogen-bond donors (Lipinski definition) is 4. The van der Waals surface area contributed by atoms with E-state index in [2.05, 4.69) is 5.32 Å². The molecule has 9 heteroatoms. The van der Waals surface area contributed by atoms with Crippen LogP contribution in [0.15, 0.2) is 30.3 Å². The van der Waals surface area contributed by atoms with Gasteiger partial charge in [-0.25, -0.2) is 4.79 Å². The quantitative estimate of drug-likeness (QED) is 0.400. The molecular formula is C15H19N3O6. The zero-order valence-electron chi connectivity index (χ0n) is 12.8. The van der Waals surface area contributed by atoms with Crippen molar-refractivity contribution in [3.8, 4) is 0 Å². The molecule has 130 valence electrons. The molecule has 24 heavy (non-hydrogen) atoms. The molecule has 6 N–H and O–H groups in total. The Labute approximate surface area is 137 Å². The summed E-state index contributed by atoms with van der Waals surface area (Å²) < 4.78 is 4.71. The van der Waals surface area contributed by atoms with Gasteiger partial charge in [0.05, 0.1) is 12.5 Å². The minimum atomic E-state index is -1.32. The van der Waals surface area contributed by atoms with Crippen molar-refractivity contribution < 1.29 is 29.0 Å². The molecule has 0 saturated carbocycles. The lowest BCUT2D eigenvalue weighted by Crippen LogP contribution is -2.50. The van der Waals surface area contributed by atoms with Crippen molar-refractivity contribution >= 4 is 23.8 Å². The van der Waals surface area contributed by atoms with Gasteiger partial charge in [-0.3, -0.25) is 14.4 Å². The summed E-state index contributed by atoms with van der Waals surface area (Å²) in [5.74, 6) is -3.76. The standard InChI is InChI=1S/C15H19N3O6/c16-10(7-13(20)21)14(22)18-11(15(23)24-8-12(17)19)6-9-4-2-1-3-5-9/h1-5,10-11H,6-8,16H2,(H2,17,19)(H,18,22)(H,20,21). The van der Waals surface area contributed by atoms with E-state index in [-0.39, 0.29) is 6.42 Å². The molecule has 0 radical (unpaired) electrons. The van der Waals surface area contributed by atoms with Crippen LogP contribution < -0.4 is 16.8 Å². The second-order valence-corrected chi connectivity index (χ2v) is 5.03. The Hall–Kier alpha value is -2.94. The van der Waals surface area contributed by atoms with E-state index in [1.165, 1.54) is 0 Å². The predicted octanol–water partition coefficient (Wildman–Crippen LogP) is -1.46. The lowest BCUT2D eigenvalue weighted by atomic mass is 10.1. The molecule has 0 fully saturated rings. The van der Waals surface area contributed by atoms with Gasteiger partial charge in [-0.1, -0.05) is 30.3 Å². The average Bonchev–Trinajstić information content (AvgIpc) is 2.52. The fraction of sp³-hybridized carbons (Fsp3) is 0.333. The van der Waals surface area contributed by atoms with Crippen LogP contribution in [0.25, 0.3) is 0 Å². The Morgan fingerprint density at radius 1 is 1.17 bits per heavy atom. The number of hydrogen-bond acceptors (Lipinski definition) is 6. The van der Waals surface area contributed by atoms with E-state index in [0.29, 0.717) is 0 Å². The van der Waals surface area contributed by atoms with Crippen molar-refractivity contribution in [2.45, 2.75) is 24.9 Å². The Balaban J connectivity index is 2.79. The molecule has 0 heterocycles. The second kappa shape index (κ2) is 9.26. The molecule has 2 unspecified atom stereocenters. The number of carboxylic acid groups (broad SMARTS) is 1. The first-order valence-corrected chi connectivity index (χ1v) is 7.06. The smallest absolute Gasteiger partial charge is 0.329 e. The molecule has 1 aromatic carbocycles. The molecule has 0 aliphatic rings. The molecule has 2 amide bonds. The topological polar surface area (TPSA) is 162 Å². The van der Waals surface area contributed by atoms with Gasteiger partial charge in [0, 0.05) is 6.42 Å². The molecule has 1 rings (SSSR count). The minimum Gasteiger partial charge on any atom is -0.481 e. The summed E-state index contributed by atoms with van der Waals surface area (Å²) in [6.45, 7) is -0.624. The average molecular weight is 337 g/mol. The lowest BCUT2D eigenvalue weighted by molar-refractivity contribution is -0.151. The third-order valence-corrected chi connectivity index (χ3v) is 2.97. The number of amides is 2. The molecule has 0 aliphatic heterocycles. The zero-order valence-corrected chi connectivity index (χ0v) is 12.8. The molecule has 0 spiro atoms. The number of rotatable bonds is 9. The highest BCUT2D eigenvalue weighted by atomic mass is 16.5. The molecule has 0 saturated heterocycles. The van der Waals surface area contributed by atoms with Crippen LogP contribution in [0.2, 0.25) is 0 Å². The van der Waals surface area contributed by atoms with Crippen LogP contribution >= 0.6 is 0 Å². The molecule has 0 aliphatic carbocycles. The molecule has 9 nitrogen and oxygen atoms in total. The van der Waals surface area contributed by atoms with Crippen molar-refractivity contribution in [2.75, 3.05) is 6.61 Å². The maximum absolute atomic E-state index is 12.0. The SMILES string of the molecule is NC(=O)COC(=O)C(Cc1ccccc1)NC(=O)C(N)CC(=O)O. The normalized spacial score (nSPS) is 12.7. The summed E-state index contributed by atoms with van der Waals surface area (Å²) in [5, 5.41) is 11.0. The number of carbonyl (C=O) groups excluding carboxylic acids is 3. The monoisotopic (exact) mass is 337 g/mol. The van der Waals surface area contributed by atoms with Crippen LogP contribution in [-0.2, 0) is 30.3 Å². The van der Waals surface area contributed by atoms with E-state index in [9.17, 15) is 19.2 Å². The minimum absolute atomic E-state index is 0.0873. The highest BCUT2D eigenvalue weighted by Gasteiger charge is 2.26. The van der Waals surface area contributed by atoms with Crippen molar-refractivity contribution in [2.24, 2.45) is 11.5 Å². The van der Waals surface area contributed by atoms with E-state index >= 15 is 0 Å². The van der Waals surface area contributed by atoms with Gasteiger partial charge in [-0.15, -0.1) is 0 Å². The van der Waals surface area contributed by atoms with E-state index < -0.39 is 48.9 Å². The van der Waals surface area contributed by atoms with Crippen molar-refractivity contribution in [1.29, 1.82) is 0 Å². The largest absolute Gasteiger partial charge is 0.481 e. The third-order valence-electron chi connectivity index (χ3n) is 2.97. The van der Waals surface area contributed by atoms with Crippen LogP contribution in [-0.4, -0.2) is 47.6 Å². The fourth-order valence-corrected chi connectivity index (χ4v) is 1.85. The number of carbonyl (C=O) groups is 4. The van der Waals surface area contributed by atoms with E-state index in [4.69, 9.17) is 21.3 Å². The highest BCUT2D eigenvalue weighted by molar-refractivity contribution is 5.90. The Kier molecular flexibility index (Phi) is 7.37. The third kappa shape index (κ3) is 6.88. The van der Waals surface area contributed by atoms with Gasteiger partial charge in [-0.2, -0.15) is 0 Å². The first kappa shape index (κ1) is 19.1. The molecule has 0 bridgehead atoms. The van der Waals surface area contributed by atoms with Crippen LogP contribution in [0.4, 0.5) is 0 Å². The van der Waals surface area contributed by atoms with E-state index in [1.807, 2.05) is 0 Å². The molecule has 0 aromatic heterocycles. The summed E-state index contributed by atoms with van der Waals surface area (Å²) >= 11 is 0. The van der Waals surface area contributed by atoms with Gasteiger partial charge in [0.25, 0.3) is 5.91 Å². The Morgan fingerprint density at radius 3 is 2.33 bits per heavy atom. The first-order valence-electron chi connectivity index (χ1n) is 7.06. The number of ether oxygens (including phenoxy) is 1. The Bertz CT molecular complexity index is 604. The summed E-state index contributed by atoms with van der Waals surface area (Å²) in [6.07, 6.45) is -0.496. The first-order chi connectivity index (χ1) is 11.3. The van der Waals surface area contributed by atoms with Crippen LogP contribution in [0.3, 0.4) is 0 Å². The maximum atomic E-state index is 12.0. The van der Waals surface area contributed by atoms with Crippen molar-refractivity contribution in [1.82, 2.24) is 5.32 Å². The van der Waals surface area contributed by atoms with Gasteiger partial charge in [0.2, 0.25) is 5.91 Å². The summed E-state index contributed by atoms with van der Waals surface area (Å²) in [7, 11) is 0. The summed E-state index contributed by atoms with van der Waals surface area (Å²) in [6, 6.07) is 6.31. The van der Waals surface area contributed by atoms with Gasteiger partial charge in [0.15, 0.2) is 6.61 Å².